The Labute approximate surface area is 184 Å². The van der Waals surface area contributed by atoms with Gasteiger partial charge in [-0.2, -0.15) is 5.10 Å². The zero-order valence-corrected chi connectivity index (χ0v) is 17.3. The van der Waals surface area contributed by atoms with E-state index in [1.807, 2.05) is 12.1 Å². The van der Waals surface area contributed by atoms with Crippen molar-refractivity contribution in [2.45, 2.75) is 30.9 Å². The van der Waals surface area contributed by atoms with Gasteiger partial charge in [0.1, 0.15) is 0 Å². The number of ether oxygens (including phenoxy) is 1. The van der Waals surface area contributed by atoms with Crippen molar-refractivity contribution in [2.24, 2.45) is 0 Å². The number of nitrogens with one attached hydrogen (secondary N) is 1. The van der Waals surface area contributed by atoms with E-state index in [-0.39, 0.29) is 23.6 Å². The number of carbonyl (C=O) groups excluding carboxylic acids is 2. The number of rotatable bonds is 6. The molecule has 5 rings (SSSR count). The first kappa shape index (κ1) is 20.2. The van der Waals surface area contributed by atoms with Gasteiger partial charge in [-0.25, -0.2) is 14.1 Å². The predicted octanol–water partition coefficient (Wildman–Crippen LogP) is 2.35. The highest BCUT2D eigenvalue weighted by atomic mass is 19.1. The van der Waals surface area contributed by atoms with E-state index < -0.39 is 11.4 Å². The van der Waals surface area contributed by atoms with Gasteiger partial charge >= 0.3 is 0 Å². The summed E-state index contributed by atoms with van der Waals surface area (Å²) in [5.41, 5.74) is -0.562. The van der Waals surface area contributed by atoms with Gasteiger partial charge in [-0.3, -0.25) is 9.59 Å². The fourth-order valence-corrected chi connectivity index (χ4v) is 3.84. The van der Waals surface area contributed by atoms with E-state index in [9.17, 15) is 14.0 Å². The van der Waals surface area contributed by atoms with Gasteiger partial charge in [-0.05, 0) is 30.7 Å². The van der Waals surface area contributed by atoms with Crippen molar-refractivity contribution in [1.82, 2.24) is 25.0 Å². The molecule has 2 aliphatic rings. The Morgan fingerprint density at radius 3 is 2.72 bits per heavy atom. The van der Waals surface area contributed by atoms with Crippen molar-refractivity contribution in [3.63, 3.8) is 0 Å². The van der Waals surface area contributed by atoms with E-state index in [4.69, 9.17) is 4.74 Å². The normalized spacial score (nSPS) is 18.9. The second-order valence-electron chi connectivity index (χ2n) is 8.10. The summed E-state index contributed by atoms with van der Waals surface area (Å²) in [5, 5.41) is 7.20. The first-order valence-electron chi connectivity index (χ1n) is 10.5. The number of hydrogen-bond donors (Lipinski definition) is 1. The number of pyridine rings is 1. The summed E-state index contributed by atoms with van der Waals surface area (Å²) < 4.78 is 21.2. The fraction of sp³-hybridized carbons (Fsp3) is 0.304. The molecule has 0 bridgehead atoms. The molecule has 2 aromatic heterocycles. The van der Waals surface area contributed by atoms with E-state index in [0.29, 0.717) is 43.7 Å². The topological polar surface area (TPSA) is 89.4 Å². The molecule has 9 heteroatoms. The van der Waals surface area contributed by atoms with Crippen LogP contribution in [0.1, 0.15) is 29.6 Å². The monoisotopic (exact) mass is 435 g/mol. The molecule has 1 aliphatic carbocycles. The van der Waals surface area contributed by atoms with Crippen LogP contribution in [0.4, 0.5) is 4.39 Å². The van der Waals surface area contributed by atoms with E-state index in [1.54, 1.807) is 40.2 Å². The second kappa shape index (κ2) is 8.07. The van der Waals surface area contributed by atoms with Gasteiger partial charge in [-0.1, -0.05) is 18.2 Å². The average Bonchev–Trinajstić information content (AvgIpc) is 3.22. The van der Waals surface area contributed by atoms with Crippen LogP contribution in [0.2, 0.25) is 0 Å². The zero-order valence-electron chi connectivity index (χ0n) is 17.3. The van der Waals surface area contributed by atoms with Crippen LogP contribution in [0.15, 0.2) is 61.1 Å². The number of aromatic nitrogens is 3. The number of nitrogens with zero attached hydrogens (tertiary/aromatic N) is 4. The van der Waals surface area contributed by atoms with Crippen molar-refractivity contribution in [2.75, 3.05) is 13.1 Å². The van der Waals surface area contributed by atoms with Crippen molar-refractivity contribution in [3.05, 3.63) is 72.4 Å². The standard InChI is InChI=1S/C23H22FN5O3/c24-18-5-1-2-6-19(18)32-23(9-10-23)22(31)27-17-8-12-28(15-17)21(30)16-13-26-29(14-16)20-7-3-4-11-25-20/h1-7,11,13-14,17H,8-10,12,15H2,(H,27,31)/t17-/m1/s1. The lowest BCUT2D eigenvalue weighted by molar-refractivity contribution is -0.130. The number of carbonyl (C=O) groups is 2. The van der Waals surface area contributed by atoms with Gasteiger partial charge in [0.2, 0.25) is 0 Å². The summed E-state index contributed by atoms with van der Waals surface area (Å²) in [6, 6.07) is 11.4. The minimum Gasteiger partial charge on any atom is -0.474 e. The van der Waals surface area contributed by atoms with Crippen molar-refractivity contribution in [1.29, 1.82) is 0 Å². The molecule has 1 N–H and O–H groups in total. The average molecular weight is 435 g/mol. The summed E-state index contributed by atoms with van der Waals surface area (Å²) in [4.78, 5) is 31.6. The summed E-state index contributed by atoms with van der Waals surface area (Å²) >= 11 is 0. The number of likely N-dealkylation sites (tertiary alicyclic amines) is 1. The number of halogens is 1. The Bertz CT molecular complexity index is 1150. The molecule has 3 aromatic rings. The van der Waals surface area contributed by atoms with Crippen LogP contribution in [-0.2, 0) is 4.79 Å². The Balaban J connectivity index is 1.19. The first-order valence-corrected chi connectivity index (χ1v) is 10.5. The molecular weight excluding hydrogens is 413 g/mol. The lowest BCUT2D eigenvalue weighted by Gasteiger charge is -2.21. The fourth-order valence-electron chi connectivity index (χ4n) is 3.84. The van der Waals surface area contributed by atoms with E-state index in [1.165, 1.54) is 18.3 Å². The second-order valence-corrected chi connectivity index (χ2v) is 8.10. The first-order chi connectivity index (χ1) is 15.5. The van der Waals surface area contributed by atoms with Crippen molar-refractivity contribution >= 4 is 11.8 Å². The van der Waals surface area contributed by atoms with Crippen LogP contribution in [0.25, 0.3) is 5.82 Å². The molecule has 1 aliphatic heterocycles. The van der Waals surface area contributed by atoms with Crippen molar-refractivity contribution in [3.8, 4) is 11.6 Å². The molecule has 1 aromatic carbocycles. The third-order valence-corrected chi connectivity index (χ3v) is 5.78. The van der Waals surface area contributed by atoms with Gasteiger partial charge in [0.15, 0.2) is 23.0 Å². The third-order valence-electron chi connectivity index (χ3n) is 5.78. The third kappa shape index (κ3) is 3.93. The lowest BCUT2D eigenvalue weighted by atomic mass is 10.2. The largest absolute Gasteiger partial charge is 0.474 e. The maximum absolute atomic E-state index is 13.9. The van der Waals surface area contributed by atoms with Crippen LogP contribution in [0, 0.1) is 5.82 Å². The van der Waals surface area contributed by atoms with Crippen LogP contribution in [0.3, 0.4) is 0 Å². The summed E-state index contributed by atoms with van der Waals surface area (Å²) in [5.74, 6) is -0.192. The van der Waals surface area contributed by atoms with Gasteiger partial charge < -0.3 is 15.0 Å². The summed E-state index contributed by atoms with van der Waals surface area (Å²) in [6.45, 7) is 0.925. The number of benzene rings is 1. The molecule has 164 valence electrons. The Morgan fingerprint density at radius 1 is 1.16 bits per heavy atom. The molecule has 2 amide bonds. The van der Waals surface area contributed by atoms with Gasteiger partial charge in [0.05, 0.1) is 11.8 Å². The lowest BCUT2D eigenvalue weighted by Crippen LogP contribution is -2.46. The highest BCUT2D eigenvalue weighted by Crippen LogP contribution is 2.41. The molecule has 1 atom stereocenters. The van der Waals surface area contributed by atoms with E-state index in [2.05, 4.69) is 15.4 Å². The quantitative estimate of drug-likeness (QED) is 0.642. The molecule has 32 heavy (non-hydrogen) atoms. The predicted molar refractivity (Wildman–Crippen MR) is 113 cm³/mol. The van der Waals surface area contributed by atoms with E-state index >= 15 is 0 Å². The summed E-state index contributed by atoms with van der Waals surface area (Å²) in [7, 11) is 0. The number of amides is 2. The van der Waals surface area contributed by atoms with Crippen LogP contribution in [-0.4, -0.2) is 56.2 Å². The smallest absolute Gasteiger partial charge is 0.264 e. The maximum atomic E-state index is 13.9. The van der Waals surface area contributed by atoms with Crippen LogP contribution < -0.4 is 10.1 Å². The van der Waals surface area contributed by atoms with Gasteiger partial charge in [0.25, 0.3) is 11.8 Å². The van der Waals surface area contributed by atoms with Gasteiger partial charge in [-0.15, -0.1) is 0 Å². The molecule has 8 nitrogen and oxygen atoms in total. The van der Waals surface area contributed by atoms with Gasteiger partial charge in [0, 0.05) is 44.4 Å². The Morgan fingerprint density at radius 2 is 1.97 bits per heavy atom. The van der Waals surface area contributed by atoms with Crippen molar-refractivity contribution < 1.29 is 18.7 Å². The molecule has 1 saturated heterocycles. The number of hydrogen-bond acceptors (Lipinski definition) is 5. The molecular formula is C23H22FN5O3. The maximum Gasteiger partial charge on any atom is 0.264 e. The Hall–Kier alpha value is -3.75. The minimum absolute atomic E-state index is 0.0771. The molecule has 3 heterocycles. The molecule has 0 unspecified atom stereocenters. The highest BCUT2D eigenvalue weighted by Gasteiger charge is 2.54. The SMILES string of the molecule is O=C(c1cnn(-c2ccccn2)c1)N1CC[C@@H](NC(=O)C2(Oc3ccccc3F)CC2)C1. The zero-order chi connectivity index (χ0) is 22.1. The summed E-state index contributed by atoms with van der Waals surface area (Å²) in [6.07, 6.45) is 6.54. The minimum atomic E-state index is -1.02. The molecule has 0 spiro atoms. The molecule has 1 saturated carbocycles. The number of para-hydroxylation sites is 1. The Kier molecular flexibility index (Phi) is 5.08. The van der Waals surface area contributed by atoms with Crippen LogP contribution >= 0.6 is 0 Å². The van der Waals surface area contributed by atoms with Crippen LogP contribution in [0.5, 0.6) is 5.75 Å². The molecule has 0 radical (unpaired) electrons. The molecule has 2 fully saturated rings. The highest BCUT2D eigenvalue weighted by molar-refractivity contribution is 5.94. The van der Waals surface area contributed by atoms with E-state index in [0.717, 1.165) is 0 Å².